The lowest BCUT2D eigenvalue weighted by atomic mass is 10.2. The van der Waals surface area contributed by atoms with Gasteiger partial charge in [-0.25, -0.2) is 9.18 Å². The number of halogens is 1. The molecule has 0 aliphatic carbocycles. The van der Waals surface area contributed by atoms with Crippen molar-refractivity contribution in [3.05, 3.63) is 59.4 Å². The third kappa shape index (κ3) is 6.43. The molecule has 0 aliphatic heterocycles. The molecule has 0 aromatic heterocycles. The number of aryl methyl sites for hydroxylation is 1. The van der Waals surface area contributed by atoms with Crippen LogP contribution in [0.4, 0.5) is 14.9 Å². The summed E-state index contributed by atoms with van der Waals surface area (Å²) in [6.07, 6.45) is 0. The fourth-order valence-corrected chi connectivity index (χ4v) is 2.17. The lowest BCUT2D eigenvalue weighted by molar-refractivity contribution is 0.251. The van der Waals surface area contributed by atoms with Crippen molar-refractivity contribution >= 4 is 11.7 Å². The molecule has 2 aromatic carbocycles. The number of nitrogens with one attached hydrogen (secondary N) is 2. The van der Waals surface area contributed by atoms with Gasteiger partial charge in [0, 0.05) is 18.8 Å². The molecule has 0 spiro atoms. The van der Waals surface area contributed by atoms with E-state index < -0.39 is 0 Å². The summed E-state index contributed by atoms with van der Waals surface area (Å²) in [6, 6.07) is 11.5. The van der Waals surface area contributed by atoms with Gasteiger partial charge in [-0.3, -0.25) is 0 Å². The first-order chi connectivity index (χ1) is 11.9. The van der Waals surface area contributed by atoms with Crippen molar-refractivity contribution in [3.63, 3.8) is 0 Å². The van der Waals surface area contributed by atoms with Crippen LogP contribution in [0.3, 0.4) is 0 Å². The Labute approximate surface area is 147 Å². The van der Waals surface area contributed by atoms with Gasteiger partial charge in [-0.15, -0.1) is 0 Å². The maximum atomic E-state index is 13.3. The van der Waals surface area contributed by atoms with Crippen molar-refractivity contribution in [1.29, 1.82) is 0 Å². The molecule has 25 heavy (non-hydrogen) atoms. The van der Waals surface area contributed by atoms with Crippen molar-refractivity contribution in [2.75, 3.05) is 32.6 Å². The van der Waals surface area contributed by atoms with E-state index in [1.165, 1.54) is 12.1 Å². The van der Waals surface area contributed by atoms with Gasteiger partial charge in [0.05, 0.1) is 0 Å². The van der Waals surface area contributed by atoms with E-state index in [9.17, 15) is 9.18 Å². The average Bonchev–Trinajstić information content (AvgIpc) is 2.56. The minimum Gasteiger partial charge on any atom is -0.492 e. The number of urea groups is 1. The number of anilines is 1. The van der Waals surface area contributed by atoms with Crippen LogP contribution in [0.1, 0.15) is 11.1 Å². The molecular formula is C19H24FN3O2. The maximum absolute atomic E-state index is 13.3. The van der Waals surface area contributed by atoms with E-state index in [-0.39, 0.29) is 11.8 Å². The van der Waals surface area contributed by atoms with Gasteiger partial charge in [0.15, 0.2) is 0 Å². The number of hydrogen-bond acceptors (Lipinski definition) is 3. The van der Waals surface area contributed by atoms with Crippen LogP contribution in [0.5, 0.6) is 5.75 Å². The number of amides is 2. The number of nitrogens with zero attached hydrogens (tertiary/aromatic N) is 1. The highest BCUT2D eigenvalue weighted by Gasteiger charge is 2.06. The third-order valence-electron chi connectivity index (χ3n) is 3.61. The lowest BCUT2D eigenvalue weighted by Gasteiger charge is -2.12. The predicted molar refractivity (Wildman–Crippen MR) is 97.5 cm³/mol. The first kappa shape index (κ1) is 18.7. The summed E-state index contributed by atoms with van der Waals surface area (Å²) in [6.45, 7) is 3.59. The minimum absolute atomic E-state index is 0.352. The molecule has 6 heteroatoms. The number of ether oxygens (including phenoxy) is 1. The van der Waals surface area contributed by atoms with E-state index in [1.807, 2.05) is 50.2 Å². The number of likely N-dealkylation sites (N-methyl/N-ethyl adjacent to an activating group) is 1. The quantitative estimate of drug-likeness (QED) is 0.809. The zero-order valence-corrected chi connectivity index (χ0v) is 14.8. The van der Waals surface area contributed by atoms with E-state index in [1.54, 1.807) is 6.07 Å². The van der Waals surface area contributed by atoms with Gasteiger partial charge in [-0.2, -0.15) is 0 Å². The second kappa shape index (κ2) is 9.03. The van der Waals surface area contributed by atoms with Gasteiger partial charge in [0.25, 0.3) is 0 Å². The zero-order chi connectivity index (χ0) is 18.2. The number of benzene rings is 2. The molecule has 2 amide bonds. The molecule has 0 fully saturated rings. The molecule has 0 bridgehead atoms. The second-order valence-corrected chi connectivity index (χ2v) is 6.07. The average molecular weight is 345 g/mol. The Bertz CT molecular complexity index is 720. The first-order valence-electron chi connectivity index (χ1n) is 8.11. The van der Waals surface area contributed by atoms with E-state index in [4.69, 9.17) is 4.74 Å². The monoisotopic (exact) mass is 345 g/mol. The summed E-state index contributed by atoms with van der Waals surface area (Å²) in [5.41, 5.74) is 2.18. The van der Waals surface area contributed by atoms with Crippen molar-refractivity contribution in [2.24, 2.45) is 0 Å². The van der Waals surface area contributed by atoms with Crippen LogP contribution >= 0.6 is 0 Å². The Morgan fingerprint density at radius 1 is 1.20 bits per heavy atom. The van der Waals surface area contributed by atoms with Gasteiger partial charge >= 0.3 is 6.03 Å². The second-order valence-electron chi connectivity index (χ2n) is 6.07. The van der Waals surface area contributed by atoms with Crippen molar-refractivity contribution in [3.8, 4) is 5.75 Å². The van der Waals surface area contributed by atoms with E-state index >= 15 is 0 Å². The van der Waals surface area contributed by atoms with Crippen LogP contribution < -0.4 is 15.4 Å². The van der Waals surface area contributed by atoms with E-state index in [0.29, 0.717) is 18.8 Å². The smallest absolute Gasteiger partial charge is 0.319 e. The van der Waals surface area contributed by atoms with Crippen LogP contribution in [-0.4, -0.2) is 38.2 Å². The Morgan fingerprint density at radius 2 is 2.00 bits per heavy atom. The molecule has 2 rings (SSSR count). The van der Waals surface area contributed by atoms with Crippen LogP contribution in [-0.2, 0) is 6.54 Å². The van der Waals surface area contributed by atoms with Crippen molar-refractivity contribution < 1.29 is 13.9 Å². The molecule has 0 atom stereocenters. The topological polar surface area (TPSA) is 53.6 Å². The van der Waals surface area contributed by atoms with Gasteiger partial charge in [0.2, 0.25) is 0 Å². The summed E-state index contributed by atoms with van der Waals surface area (Å²) in [5, 5.41) is 5.42. The SMILES string of the molecule is Cc1ccc(F)cc1NC(=O)NCc1cccc(OCCN(C)C)c1. The van der Waals surface area contributed by atoms with Gasteiger partial charge < -0.3 is 20.3 Å². The number of carbonyl (C=O) groups excluding carboxylic acids is 1. The highest BCUT2D eigenvalue weighted by atomic mass is 19.1. The predicted octanol–water partition coefficient (Wildman–Crippen LogP) is 3.40. The number of rotatable bonds is 7. The molecule has 0 saturated carbocycles. The van der Waals surface area contributed by atoms with Crippen LogP contribution in [0.2, 0.25) is 0 Å². The van der Waals surface area contributed by atoms with Crippen LogP contribution in [0.25, 0.3) is 0 Å². The fraction of sp³-hybridized carbons (Fsp3) is 0.316. The number of hydrogen-bond donors (Lipinski definition) is 2. The maximum Gasteiger partial charge on any atom is 0.319 e. The Balaban J connectivity index is 1.86. The van der Waals surface area contributed by atoms with Crippen LogP contribution in [0.15, 0.2) is 42.5 Å². The molecule has 0 unspecified atom stereocenters. The first-order valence-corrected chi connectivity index (χ1v) is 8.11. The fourth-order valence-electron chi connectivity index (χ4n) is 2.17. The van der Waals surface area contributed by atoms with Crippen LogP contribution in [0, 0.1) is 12.7 Å². The van der Waals surface area contributed by atoms with Crippen molar-refractivity contribution in [1.82, 2.24) is 10.2 Å². The highest BCUT2D eigenvalue weighted by Crippen LogP contribution is 2.16. The van der Waals surface area contributed by atoms with Crippen molar-refractivity contribution in [2.45, 2.75) is 13.5 Å². The van der Waals surface area contributed by atoms with Gasteiger partial charge in [-0.1, -0.05) is 18.2 Å². The molecule has 0 heterocycles. The summed E-state index contributed by atoms with van der Waals surface area (Å²) < 4.78 is 18.9. The molecule has 0 aliphatic rings. The minimum atomic E-state index is -0.386. The Kier molecular flexibility index (Phi) is 6.77. The van der Waals surface area contributed by atoms with Gasteiger partial charge in [0.1, 0.15) is 18.2 Å². The molecule has 0 radical (unpaired) electrons. The number of carbonyl (C=O) groups is 1. The standard InChI is InChI=1S/C19H24FN3O2/c1-14-7-8-16(20)12-18(14)22-19(24)21-13-15-5-4-6-17(11-15)25-10-9-23(2)3/h4-8,11-12H,9-10,13H2,1-3H3,(H2,21,22,24). The zero-order valence-electron chi connectivity index (χ0n) is 14.8. The molecular weight excluding hydrogens is 321 g/mol. The summed E-state index contributed by atoms with van der Waals surface area (Å²) in [4.78, 5) is 14.0. The summed E-state index contributed by atoms with van der Waals surface area (Å²) in [5.74, 6) is 0.381. The Hall–Kier alpha value is -2.60. The molecule has 0 saturated heterocycles. The highest BCUT2D eigenvalue weighted by molar-refractivity contribution is 5.90. The van der Waals surface area contributed by atoms with E-state index in [2.05, 4.69) is 10.6 Å². The molecule has 134 valence electrons. The van der Waals surface area contributed by atoms with E-state index in [0.717, 1.165) is 23.4 Å². The third-order valence-corrected chi connectivity index (χ3v) is 3.61. The normalized spacial score (nSPS) is 10.6. The van der Waals surface area contributed by atoms with Gasteiger partial charge in [-0.05, 0) is 56.4 Å². The lowest BCUT2D eigenvalue weighted by Crippen LogP contribution is -2.28. The molecule has 2 aromatic rings. The largest absolute Gasteiger partial charge is 0.492 e. The Morgan fingerprint density at radius 3 is 2.76 bits per heavy atom. The molecule has 5 nitrogen and oxygen atoms in total. The summed E-state index contributed by atoms with van der Waals surface area (Å²) in [7, 11) is 3.98. The molecule has 2 N–H and O–H groups in total. The summed E-state index contributed by atoms with van der Waals surface area (Å²) >= 11 is 0.